The van der Waals surface area contributed by atoms with Gasteiger partial charge in [-0.25, -0.2) is 0 Å². The van der Waals surface area contributed by atoms with Crippen LogP contribution >= 0.6 is 11.8 Å². The Morgan fingerprint density at radius 1 is 1.61 bits per heavy atom. The van der Waals surface area contributed by atoms with E-state index in [4.69, 9.17) is 10.8 Å². The molecule has 0 aromatic carbocycles. The number of thioether (sulfide) groups is 1. The molecule has 2 aromatic rings. The lowest BCUT2D eigenvalue weighted by atomic mass is 10.3. The fourth-order valence-corrected chi connectivity index (χ4v) is 3.11. The molecule has 1 aliphatic carbocycles. The molecular weight excluding hydrogens is 312 g/mol. The summed E-state index contributed by atoms with van der Waals surface area (Å²) in [6, 6.07) is 3.79. The molecule has 1 unspecified atom stereocenters. The van der Waals surface area contributed by atoms with Gasteiger partial charge in [0.1, 0.15) is 11.6 Å². The number of hydrogen-bond acceptors (Lipinski definition) is 5. The fourth-order valence-electron chi connectivity index (χ4n) is 2.23. The monoisotopic (exact) mass is 330 g/mol. The second-order valence-corrected chi connectivity index (χ2v) is 6.77. The minimum absolute atomic E-state index is 0.103. The van der Waals surface area contributed by atoms with Crippen molar-refractivity contribution in [2.45, 2.75) is 42.6 Å². The maximum absolute atomic E-state index is 12.0. The van der Waals surface area contributed by atoms with E-state index in [1.807, 2.05) is 23.6 Å². The first-order valence-corrected chi connectivity index (χ1v) is 8.40. The number of carbonyl (C=O) groups is 1. The van der Waals surface area contributed by atoms with Crippen LogP contribution in [-0.2, 0) is 11.3 Å². The van der Waals surface area contributed by atoms with E-state index < -0.39 is 0 Å². The summed E-state index contributed by atoms with van der Waals surface area (Å²) in [5.74, 6) is 4.58. The SMILES string of the molecule is C#CCNC(=O)C(C)Sc1nnc(C2CC2)n1Cc1ccco1. The Labute approximate surface area is 139 Å². The van der Waals surface area contributed by atoms with Crippen molar-refractivity contribution in [1.29, 1.82) is 0 Å². The van der Waals surface area contributed by atoms with Gasteiger partial charge in [0, 0.05) is 5.92 Å². The molecule has 7 heteroatoms. The van der Waals surface area contributed by atoms with Crippen LogP contribution in [0, 0.1) is 12.3 Å². The molecule has 0 spiro atoms. The van der Waals surface area contributed by atoms with Crippen LogP contribution in [0.5, 0.6) is 0 Å². The lowest BCUT2D eigenvalue weighted by molar-refractivity contribution is -0.120. The highest BCUT2D eigenvalue weighted by Gasteiger charge is 2.31. The number of rotatable bonds is 7. The smallest absolute Gasteiger partial charge is 0.234 e. The number of nitrogens with zero attached hydrogens (tertiary/aromatic N) is 3. The molecule has 1 fully saturated rings. The molecule has 1 N–H and O–H groups in total. The third-order valence-electron chi connectivity index (χ3n) is 3.60. The highest BCUT2D eigenvalue weighted by Crippen LogP contribution is 2.40. The van der Waals surface area contributed by atoms with Gasteiger partial charge < -0.3 is 9.73 Å². The first-order chi connectivity index (χ1) is 11.2. The van der Waals surface area contributed by atoms with Crippen LogP contribution in [0.3, 0.4) is 0 Å². The number of nitrogens with one attached hydrogen (secondary N) is 1. The van der Waals surface area contributed by atoms with Gasteiger partial charge in [0.25, 0.3) is 0 Å². The van der Waals surface area contributed by atoms with Crippen LogP contribution in [0.4, 0.5) is 0 Å². The van der Waals surface area contributed by atoms with Gasteiger partial charge in [0.05, 0.1) is 24.6 Å². The maximum atomic E-state index is 12.0. The van der Waals surface area contributed by atoms with Gasteiger partial charge in [0.2, 0.25) is 5.91 Å². The van der Waals surface area contributed by atoms with Gasteiger partial charge in [-0.1, -0.05) is 17.7 Å². The van der Waals surface area contributed by atoms with Crippen molar-refractivity contribution in [3.8, 4) is 12.3 Å². The van der Waals surface area contributed by atoms with Gasteiger partial charge in [-0.2, -0.15) is 0 Å². The van der Waals surface area contributed by atoms with Gasteiger partial charge in [-0.05, 0) is 31.9 Å². The van der Waals surface area contributed by atoms with E-state index in [0.717, 1.165) is 29.6 Å². The van der Waals surface area contributed by atoms with E-state index in [9.17, 15) is 4.79 Å². The van der Waals surface area contributed by atoms with Gasteiger partial charge in [-0.15, -0.1) is 16.6 Å². The zero-order chi connectivity index (χ0) is 16.2. The third-order valence-corrected chi connectivity index (χ3v) is 4.68. The molecule has 0 saturated heterocycles. The maximum Gasteiger partial charge on any atom is 0.234 e. The van der Waals surface area contributed by atoms with Crippen molar-refractivity contribution in [3.63, 3.8) is 0 Å². The molecule has 3 rings (SSSR count). The third kappa shape index (κ3) is 3.77. The first-order valence-electron chi connectivity index (χ1n) is 7.52. The first kappa shape index (κ1) is 15.7. The highest BCUT2D eigenvalue weighted by molar-refractivity contribution is 8.00. The van der Waals surface area contributed by atoms with Crippen molar-refractivity contribution < 1.29 is 9.21 Å². The van der Waals surface area contributed by atoms with E-state index in [0.29, 0.717) is 12.5 Å². The van der Waals surface area contributed by atoms with Crippen LogP contribution in [0.2, 0.25) is 0 Å². The molecule has 1 aliphatic rings. The fraction of sp³-hybridized carbons (Fsp3) is 0.438. The van der Waals surface area contributed by atoms with E-state index in [1.165, 1.54) is 11.8 Å². The van der Waals surface area contributed by atoms with Crippen molar-refractivity contribution in [2.24, 2.45) is 0 Å². The molecule has 1 saturated carbocycles. The van der Waals surface area contributed by atoms with Gasteiger partial charge >= 0.3 is 0 Å². The number of amides is 1. The lowest BCUT2D eigenvalue weighted by Crippen LogP contribution is -2.31. The Kier molecular flexibility index (Phi) is 4.72. The molecule has 1 atom stereocenters. The van der Waals surface area contributed by atoms with Crippen LogP contribution in [0.1, 0.15) is 37.3 Å². The normalized spacial score (nSPS) is 15.1. The predicted molar refractivity (Wildman–Crippen MR) is 87.0 cm³/mol. The molecular formula is C16H18N4O2S. The van der Waals surface area contributed by atoms with E-state index in [-0.39, 0.29) is 17.7 Å². The second kappa shape index (κ2) is 6.92. The predicted octanol–water partition coefficient (Wildman–Crippen LogP) is 2.03. The van der Waals surface area contributed by atoms with E-state index in [1.54, 1.807) is 6.26 Å². The number of carbonyl (C=O) groups excluding carboxylic acids is 1. The number of hydrogen-bond donors (Lipinski definition) is 1. The zero-order valence-corrected chi connectivity index (χ0v) is 13.7. The van der Waals surface area contributed by atoms with Crippen molar-refractivity contribution in [3.05, 3.63) is 30.0 Å². The summed E-state index contributed by atoms with van der Waals surface area (Å²) in [4.78, 5) is 12.0. The van der Waals surface area contributed by atoms with Crippen LogP contribution < -0.4 is 5.32 Å². The van der Waals surface area contributed by atoms with E-state index in [2.05, 4.69) is 21.4 Å². The summed E-state index contributed by atoms with van der Waals surface area (Å²) >= 11 is 1.38. The van der Waals surface area contributed by atoms with E-state index >= 15 is 0 Å². The largest absolute Gasteiger partial charge is 0.467 e. The molecule has 0 bridgehead atoms. The molecule has 0 radical (unpaired) electrons. The zero-order valence-electron chi connectivity index (χ0n) is 12.9. The summed E-state index contributed by atoms with van der Waals surface area (Å²) in [5, 5.41) is 11.7. The number of furan rings is 1. The Bertz CT molecular complexity index is 713. The summed E-state index contributed by atoms with van der Waals surface area (Å²) in [6.45, 7) is 2.64. The molecule has 120 valence electrons. The average molecular weight is 330 g/mol. The highest BCUT2D eigenvalue weighted by atomic mass is 32.2. The summed E-state index contributed by atoms with van der Waals surface area (Å²) in [5.41, 5.74) is 0. The molecule has 2 aromatic heterocycles. The quantitative estimate of drug-likeness (QED) is 0.621. The summed E-state index contributed by atoms with van der Waals surface area (Å²) < 4.78 is 7.48. The van der Waals surface area contributed by atoms with Crippen molar-refractivity contribution in [1.82, 2.24) is 20.1 Å². The Morgan fingerprint density at radius 3 is 3.09 bits per heavy atom. The molecule has 0 aliphatic heterocycles. The number of terminal acetylenes is 1. The summed E-state index contributed by atoms with van der Waals surface area (Å²) in [6.07, 6.45) is 9.09. The standard InChI is InChI=1S/C16H18N4O2S/c1-3-8-17-15(21)11(2)23-16-19-18-14(12-6-7-12)20(16)10-13-5-4-9-22-13/h1,4-5,9,11-12H,6-8,10H2,2H3,(H,17,21). The van der Waals surface area contributed by atoms with Crippen molar-refractivity contribution >= 4 is 17.7 Å². The van der Waals surface area contributed by atoms with Crippen LogP contribution in [-0.4, -0.2) is 32.5 Å². The molecule has 2 heterocycles. The van der Waals surface area contributed by atoms with Gasteiger partial charge in [0.15, 0.2) is 5.16 Å². The topological polar surface area (TPSA) is 73.0 Å². The van der Waals surface area contributed by atoms with Gasteiger partial charge in [-0.3, -0.25) is 9.36 Å². The second-order valence-electron chi connectivity index (χ2n) is 5.46. The van der Waals surface area contributed by atoms with Crippen LogP contribution in [0.15, 0.2) is 28.0 Å². The Morgan fingerprint density at radius 2 is 2.43 bits per heavy atom. The molecule has 23 heavy (non-hydrogen) atoms. The minimum Gasteiger partial charge on any atom is -0.467 e. The Hall–Kier alpha value is -2.20. The lowest BCUT2D eigenvalue weighted by Gasteiger charge is -2.12. The Balaban J connectivity index is 1.76. The van der Waals surface area contributed by atoms with Crippen LogP contribution in [0.25, 0.3) is 0 Å². The molecule has 1 amide bonds. The molecule has 6 nitrogen and oxygen atoms in total. The minimum atomic E-state index is -0.296. The number of aromatic nitrogens is 3. The van der Waals surface area contributed by atoms with Crippen molar-refractivity contribution in [2.75, 3.05) is 6.54 Å². The summed E-state index contributed by atoms with van der Waals surface area (Å²) in [7, 11) is 0. The average Bonchev–Trinajstić information content (AvgIpc) is 3.12.